The summed E-state index contributed by atoms with van der Waals surface area (Å²) in [6.45, 7) is 2.06. The van der Waals surface area contributed by atoms with Gasteiger partial charge in [-0.3, -0.25) is 0 Å². The Morgan fingerprint density at radius 3 is 2.52 bits per heavy atom. The zero-order chi connectivity index (χ0) is 23.2. The van der Waals surface area contributed by atoms with E-state index in [4.69, 9.17) is 0 Å². The van der Waals surface area contributed by atoms with Gasteiger partial charge in [-0.1, -0.05) is 6.07 Å². The summed E-state index contributed by atoms with van der Waals surface area (Å²) in [5.41, 5.74) is -0.244. The molecule has 2 aliphatic heterocycles. The van der Waals surface area contributed by atoms with Crippen molar-refractivity contribution < 1.29 is 22.0 Å². The third-order valence-electron chi connectivity index (χ3n) is 6.42. The van der Waals surface area contributed by atoms with Crippen LogP contribution < -0.4 is 9.80 Å². The minimum atomic E-state index is -4.48. The number of alkyl halides is 5. The van der Waals surface area contributed by atoms with Crippen molar-refractivity contribution in [2.24, 2.45) is 5.41 Å². The molecule has 0 aromatic carbocycles. The monoisotopic (exact) mass is 467 g/mol. The van der Waals surface area contributed by atoms with E-state index in [1.54, 1.807) is 12.3 Å². The normalized spacial score (nSPS) is 21.6. The Morgan fingerprint density at radius 2 is 1.76 bits per heavy atom. The summed E-state index contributed by atoms with van der Waals surface area (Å²) >= 11 is 0. The van der Waals surface area contributed by atoms with E-state index in [1.807, 2.05) is 4.90 Å². The standard InChI is InChI=1S/C21H22F5N7/c22-16(23)11-33-19-14(9-28-33)27-10-18(30-19)31-7-2-5-20(12-31)6-8-32(13-20)17-4-1-3-15(29-17)21(24,25)26/h1,3-4,9-10,16H,2,5-8,11-13H2. The maximum Gasteiger partial charge on any atom is 0.433 e. The van der Waals surface area contributed by atoms with Gasteiger partial charge in [0.1, 0.15) is 29.4 Å². The number of hydrogen-bond donors (Lipinski definition) is 0. The van der Waals surface area contributed by atoms with Crippen LogP contribution in [0, 0.1) is 5.41 Å². The van der Waals surface area contributed by atoms with Gasteiger partial charge in [0, 0.05) is 31.6 Å². The molecule has 5 rings (SSSR count). The van der Waals surface area contributed by atoms with Gasteiger partial charge in [-0.2, -0.15) is 18.3 Å². The number of rotatable bonds is 4. The van der Waals surface area contributed by atoms with Crippen LogP contribution in [-0.2, 0) is 12.7 Å². The lowest BCUT2D eigenvalue weighted by atomic mass is 9.79. The summed E-state index contributed by atoms with van der Waals surface area (Å²) in [7, 11) is 0. The van der Waals surface area contributed by atoms with Crippen LogP contribution in [0.4, 0.5) is 33.6 Å². The highest BCUT2D eigenvalue weighted by molar-refractivity contribution is 5.71. The maximum atomic E-state index is 13.1. The zero-order valence-electron chi connectivity index (χ0n) is 17.6. The lowest BCUT2D eigenvalue weighted by Crippen LogP contribution is -2.45. The van der Waals surface area contributed by atoms with E-state index >= 15 is 0 Å². The summed E-state index contributed by atoms with van der Waals surface area (Å²) in [5, 5.41) is 3.96. The number of fused-ring (bicyclic) bond motifs is 1. The molecule has 0 bridgehead atoms. The molecular weight excluding hydrogens is 445 g/mol. The molecule has 12 heteroatoms. The molecular formula is C21H22F5N7. The molecule has 0 aliphatic carbocycles. The fourth-order valence-electron chi connectivity index (χ4n) is 4.88. The molecule has 3 aromatic heterocycles. The summed E-state index contributed by atoms with van der Waals surface area (Å²) in [6, 6.07) is 3.97. The third kappa shape index (κ3) is 4.30. The highest BCUT2D eigenvalue weighted by atomic mass is 19.4. The largest absolute Gasteiger partial charge is 0.433 e. The molecule has 0 saturated carbocycles. The third-order valence-corrected chi connectivity index (χ3v) is 6.42. The maximum absolute atomic E-state index is 13.1. The molecule has 1 unspecified atom stereocenters. The molecule has 176 valence electrons. The van der Waals surface area contributed by atoms with Crippen LogP contribution in [-0.4, -0.2) is 57.3 Å². The minimum absolute atomic E-state index is 0.117. The summed E-state index contributed by atoms with van der Waals surface area (Å²) in [4.78, 5) is 16.7. The Morgan fingerprint density at radius 1 is 0.970 bits per heavy atom. The Balaban J connectivity index is 1.35. The molecule has 1 atom stereocenters. The molecule has 1 spiro atoms. The van der Waals surface area contributed by atoms with E-state index in [-0.39, 0.29) is 5.41 Å². The van der Waals surface area contributed by atoms with Crippen LogP contribution >= 0.6 is 0 Å². The van der Waals surface area contributed by atoms with Gasteiger partial charge in [-0.05, 0) is 31.4 Å². The Hall–Kier alpha value is -3.05. The van der Waals surface area contributed by atoms with Gasteiger partial charge in [-0.25, -0.2) is 28.4 Å². The van der Waals surface area contributed by atoms with Gasteiger partial charge in [0.2, 0.25) is 0 Å². The predicted molar refractivity (Wildman–Crippen MR) is 111 cm³/mol. The van der Waals surface area contributed by atoms with Crippen molar-refractivity contribution in [1.82, 2.24) is 24.7 Å². The quantitative estimate of drug-likeness (QED) is 0.541. The second-order valence-corrected chi connectivity index (χ2v) is 8.73. The summed E-state index contributed by atoms with van der Waals surface area (Å²) in [6.07, 6.45) is -1.34. The number of anilines is 2. The van der Waals surface area contributed by atoms with E-state index < -0.39 is 24.8 Å². The lowest BCUT2D eigenvalue weighted by Gasteiger charge is -2.41. The Kier molecular flexibility index (Phi) is 5.32. The number of nitrogens with zero attached hydrogens (tertiary/aromatic N) is 7. The first kappa shape index (κ1) is 21.8. The van der Waals surface area contributed by atoms with E-state index in [2.05, 4.69) is 25.0 Å². The van der Waals surface area contributed by atoms with Crippen LogP contribution in [0.15, 0.2) is 30.6 Å². The van der Waals surface area contributed by atoms with Crippen molar-refractivity contribution in [3.63, 3.8) is 0 Å². The van der Waals surface area contributed by atoms with Crippen molar-refractivity contribution in [2.75, 3.05) is 36.0 Å². The van der Waals surface area contributed by atoms with Crippen molar-refractivity contribution in [1.29, 1.82) is 0 Å². The molecule has 33 heavy (non-hydrogen) atoms. The Labute approximate surface area is 186 Å². The first-order valence-corrected chi connectivity index (χ1v) is 10.7. The highest BCUT2D eigenvalue weighted by Gasteiger charge is 2.43. The van der Waals surface area contributed by atoms with Crippen LogP contribution in [0.5, 0.6) is 0 Å². The van der Waals surface area contributed by atoms with Crippen LogP contribution in [0.3, 0.4) is 0 Å². The zero-order valence-corrected chi connectivity index (χ0v) is 17.6. The number of hydrogen-bond acceptors (Lipinski definition) is 6. The van der Waals surface area contributed by atoms with Crippen molar-refractivity contribution >= 4 is 22.8 Å². The van der Waals surface area contributed by atoms with Gasteiger partial charge < -0.3 is 9.80 Å². The van der Waals surface area contributed by atoms with E-state index in [0.29, 0.717) is 42.4 Å². The number of piperidine rings is 1. The molecule has 0 radical (unpaired) electrons. The second kappa shape index (κ2) is 8.07. The summed E-state index contributed by atoms with van der Waals surface area (Å²) in [5.74, 6) is 0.921. The highest BCUT2D eigenvalue weighted by Crippen LogP contribution is 2.41. The number of halogens is 5. The van der Waals surface area contributed by atoms with Crippen molar-refractivity contribution in [3.8, 4) is 0 Å². The van der Waals surface area contributed by atoms with Crippen LogP contribution in [0.1, 0.15) is 25.0 Å². The molecule has 0 amide bonds. The molecule has 5 heterocycles. The van der Waals surface area contributed by atoms with Crippen molar-refractivity contribution in [2.45, 2.75) is 38.4 Å². The Bertz CT molecular complexity index is 1150. The van der Waals surface area contributed by atoms with Gasteiger partial charge in [0.15, 0.2) is 5.65 Å². The molecule has 2 saturated heterocycles. The molecule has 3 aromatic rings. The first-order valence-electron chi connectivity index (χ1n) is 10.7. The van der Waals surface area contributed by atoms with Gasteiger partial charge in [0.05, 0.1) is 12.4 Å². The molecule has 0 N–H and O–H groups in total. The topological polar surface area (TPSA) is 63.0 Å². The van der Waals surface area contributed by atoms with Crippen LogP contribution in [0.2, 0.25) is 0 Å². The fraction of sp³-hybridized carbons (Fsp3) is 0.524. The second-order valence-electron chi connectivity index (χ2n) is 8.73. The fourth-order valence-corrected chi connectivity index (χ4v) is 4.88. The molecule has 2 aliphatic rings. The van der Waals surface area contributed by atoms with Crippen LogP contribution in [0.25, 0.3) is 11.2 Å². The van der Waals surface area contributed by atoms with Gasteiger partial charge in [-0.15, -0.1) is 0 Å². The number of pyridine rings is 1. The molecule has 2 fully saturated rings. The average molecular weight is 467 g/mol. The van der Waals surface area contributed by atoms with Gasteiger partial charge >= 0.3 is 6.18 Å². The smallest absolute Gasteiger partial charge is 0.356 e. The average Bonchev–Trinajstić information content (AvgIpc) is 3.37. The lowest BCUT2D eigenvalue weighted by molar-refractivity contribution is -0.141. The van der Waals surface area contributed by atoms with E-state index in [9.17, 15) is 22.0 Å². The SMILES string of the molecule is FC(F)Cn1ncc2ncc(N3CCCC4(CCN(c5cccc(C(F)(F)F)n5)C4)C3)nc21. The summed E-state index contributed by atoms with van der Waals surface area (Å²) < 4.78 is 66.1. The minimum Gasteiger partial charge on any atom is -0.356 e. The predicted octanol–water partition coefficient (Wildman–Crippen LogP) is 4.00. The first-order chi connectivity index (χ1) is 15.7. The van der Waals surface area contributed by atoms with E-state index in [1.165, 1.54) is 12.3 Å². The molecule has 7 nitrogen and oxygen atoms in total. The van der Waals surface area contributed by atoms with E-state index in [0.717, 1.165) is 36.6 Å². The van der Waals surface area contributed by atoms with Gasteiger partial charge in [0.25, 0.3) is 6.43 Å². The van der Waals surface area contributed by atoms with Crippen molar-refractivity contribution in [3.05, 3.63) is 36.3 Å². The number of aromatic nitrogens is 5.